The van der Waals surface area contributed by atoms with Gasteiger partial charge in [0, 0.05) is 0 Å². The summed E-state index contributed by atoms with van der Waals surface area (Å²) in [5.41, 5.74) is 3.15. The molecule has 0 atom stereocenters. The predicted molar refractivity (Wildman–Crippen MR) is 60.7 cm³/mol. The van der Waals surface area contributed by atoms with Gasteiger partial charge >= 0.3 is 0 Å². The van der Waals surface area contributed by atoms with Crippen LogP contribution in [-0.2, 0) is 6.42 Å². The van der Waals surface area contributed by atoms with E-state index >= 15 is 0 Å². The number of rotatable bonds is 5. The summed E-state index contributed by atoms with van der Waals surface area (Å²) in [7, 11) is 0. The zero-order chi connectivity index (χ0) is 9.80. The van der Waals surface area contributed by atoms with Gasteiger partial charge in [0.05, 0.1) is 0 Å². The fourth-order valence-corrected chi connectivity index (χ4v) is 1.95. The molecule has 1 nitrogen and oxygen atoms in total. The first kappa shape index (κ1) is 9.72. The van der Waals surface area contributed by atoms with Gasteiger partial charge in [-0.3, -0.25) is 0 Å². The Labute approximate surface area is 86.5 Å². The largest absolute Gasteiger partial charge is 0.317 e. The van der Waals surface area contributed by atoms with Crippen molar-refractivity contribution in [3.8, 4) is 0 Å². The van der Waals surface area contributed by atoms with Gasteiger partial charge in [-0.25, -0.2) is 0 Å². The molecule has 1 aliphatic rings. The highest BCUT2D eigenvalue weighted by Crippen LogP contribution is 2.41. The second-order valence-corrected chi connectivity index (χ2v) is 4.08. The zero-order valence-electron chi connectivity index (χ0n) is 8.92. The first-order valence-electron chi connectivity index (χ1n) is 5.70. The maximum absolute atomic E-state index is 3.38. The summed E-state index contributed by atoms with van der Waals surface area (Å²) in [6.07, 6.45) is 3.98. The highest BCUT2D eigenvalue weighted by atomic mass is 14.8. The molecule has 0 unspecified atom stereocenters. The monoisotopic (exact) mass is 189 g/mol. The third-order valence-corrected chi connectivity index (χ3v) is 2.89. The highest BCUT2D eigenvalue weighted by Gasteiger charge is 2.25. The normalized spacial score (nSPS) is 15.8. The lowest BCUT2D eigenvalue weighted by Crippen LogP contribution is -2.16. The number of benzene rings is 1. The average Bonchev–Trinajstić information content (AvgIpc) is 3.03. The molecule has 0 heterocycles. The van der Waals surface area contributed by atoms with Crippen molar-refractivity contribution >= 4 is 0 Å². The van der Waals surface area contributed by atoms with Crippen LogP contribution in [0.4, 0.5) is 0 Å². The van der Waals surface area contributed by atoms with E-state index in [9.17, 15) is 0 Å². The number of hydrogen-bond acceptors (Lipinski definition) is 1. The second-order valence-electron chi connectivity index (χ2n) is 4.08. The van der Waals surface area contributed by atoms with Crippen LogP contribution in [0.5, 0.6) is 0 Å². The van der Waals surface area contributed by atoms with Crippen LogP contribution in [-0.4, -0.2) is 13.1 Å². The van der Waals surface area contributed by atoms with Gasteiger partial charge in [0.1, 0.15) is 0 Å². The molecule has 1 aromatic rings. The van der Waals surface area contributed by atoms with Gasteiger partial charge in [0.2, 0.25) is 0 Å². The molecule has 1 heteroatoms. The first-order valence-corrected chi connectivity index (χ1v) is 5.70. The summed E-state index contributed by atoms with van der Waals surface area (Å²) in [5.74, 6) is 0.882. The molecule has 14 heavy (non-hydrogen) atoms. The van der Waals surface area contributed by atoms with E-state index in [1.54, 1.807) is 11.1 Å². The van der Waals surface area contributed by atoms with E-state index in [0.29, 0.717) is 0 Å². The molecule has 1 fully saturated rings. The molecule has 1 aliphatic carbocycles. The Bertz CT molecular complexity index is 289. The van der Waals surface area contributed by atoms with E-state index < -0.39 is 0 Å². The molecular formula is C13H19N. The standard InChI is InChI=1S/C13H19N/c1-2-14-10-9-11-5-3-4-6-13(11)12-7-8-12/h3-6,12,14H,2,7-10H2,1H3. The molecule has 76 valence electrons. The van der Waals surface area contributed by atoms with E-state index in [1.165, 1.54) is 19.3 Å². The Morgan fingerprint density at radius 2 is 2.07 bits per heavy atom. The summed E-state index contributed by atoms with van der Waals surface area (Å²) >= 11 is 0. The van der Waals surface area contributed by atoms with Gasteiger partial charge in [-0.05, 0) is 49.4 Å². The van der Waals surface area contributed by atoms with Crippen LogP contribution in [0.1, 0.15) is 36.8 Å². The SMILES string of the molecule is CCNCCc1ccccc1C1CC1. The molecule has 1 N–H and O–H groups in total. The molecule has 1 aromatic carbocycles. The Kier molecular flexibility index (Phi) is 3.20. The smallest absolute Gasteiger partial charge is 0.000836 e. The van der Waals surface area contributed by atoms with Crippen LogP contribution in [0.15, 0.2) is 24.3 Å². The predicted octanol–water partition coefficient (Wildman–Crippen LogP) is 2.72. The van der Waals surface area contributed by atoms with Crippen molar-refractivity contribution in [2.75, 3.05) is 13.1 Å². The first-order chi connectivity index (χ1) is 6.92. The summed E-state index contributed by atoms with van der Waals surface area (Å²) in [6, 6.07) is 8.92. The third kappa shape index (κ3) is 2.36. The minimum Gasteiger partial charge on any atom is -0.317 e. The van der Waals surface area contributed by atoms with Crippen LogP contribution in [0.25, 0.3) is 0 Å². The quantitative estimate of drug-likeness (QED) is 0.702. The van der Waals surface area contributed by atoms with Crippen molar-refractivity contribution in [1.82, 2.24) is 5.32 Å². The lowest BCUT2D eigenvalue weighted by Gasteiger charge is -2.08. The van der Waals surface area contributed by atoms with E-state index in [1.807, 2.05) is 0 Å². The lowest BCUT2D eigenvalue weighted by atomic mass is 10.0. The van der Waals surface area contributed by atoms with E-state index in [4.69, 9.17) is 0 Å². The van der Waals surface area contributed by atoms with Gasteiger partial charge < -0.3 is 5.32 Å². The molecule has 0 saturated heterocycles. The van der Waals surface area contributed by atoms with Crippen molar-refractivity contribution in [2.45, 2.75) is 32.1 Å². The Morgan fingerprint density at radius 1 is 1.29 bits per heavy atom. The minimum absolute atomic E-state index is 0.882. The lowest BCUT2D eigenvalue weighted by molar-refractivity contribution is 0.713. The van der Waals surface area contributed by atoms with Crippen molar-refractivity contribution in [3.05, 3.63) is 35.4 Å². The number of likely N-dealkylation sites (N-methyl/N-ethyl adjacent to an activating group) is 1. The molecule has 0 radical (unpaired) electrons. The van der Waals surface area contributed by atoms with Gasteiger partial charge in [0.25, 0.3) is 0 Å². The van der Waals surface area contributed by atoms with Crippen LogP contribution in [0.2, 0.25) is 0 Å². The molecule has 2 rings (SSSR count). The van der Waals surface area contributed by atoms with Crippen LogP contribution < -0.4 is 5.32 Å². The Hall–Kier alpha value is -0.820. The topological polar surface area (TPSA) is 12.0 Å². The molecule has 0 aliphatic heterocycles. The molecule has 0 aromatic heterocycles. The van der Waals surface area contributed by atoms with Crippen molar-refractivity contribution < 1.29 is 0 Å². The van der Waals surface area contributed by atoms with Crippen molar-refractivity contribution in [3.63, 3.8) is 0 Å². The zero-order valence-corrected chi connectivity index (χ0v) is 8.92. The Balaban J connectivity index is 2.00. The average molecular weight is 189 g/mol. The second kappa shape index (κ2) is 4.61. The van der Waals surface area contributed by atoms with E-state index in [0.717, 1.165) is 19.0 Å². The summed E-state index contributed by atoms with van der Waals surface area (Å²) < 4.78 is 0. The van der Waals surface area contributed by atoms with Crippen LogP contribution in [0.3, 0.4) is 0 Å². The fourth-order valence-electron chi connectivity index (χ4n) is 1.95. The molecule has 0 bridgehead atoms. The van der Waals surface area contributed by atoms with Gasteiger partial charge in [-0.1, -0.05) is 31.2 Å². The minimum atomic E-state index is 0.882. The Morgan fingerprint density at radius 3 is 2.79 bits per heavy atom. The van der Waals surface area contributed by atoms with Crippen LogP contribution >= 0.6 is 0 Å². The number of nitrogens with one attached hydrogen (secondary N) is 1. The molecule has 0 amide bonds. The summed E-state index contributed by atoms with van der Waals surface area (Å²) in [6.45, 7) is 4.35. The van der Waals surface area contributed by atoms with Gasteiger partial charge in [-0.15, -0.1) is 0 Å². The van der Waals surface area contributed by atoms with Gasteiger partial charge in [-0.2, -0.15) is 0 Å². The molecular weight excluding hydrogens is 170 g/mol. The summed E-state index contributed by atoms with van der Waals surface area (Å²) in [4.78, 5) is 0. The van der Waals surface area contributed by atoms with E-state index in [-0.39, 0.29) is 0 Å². The van der Waals surface area contributed by atoms with E-state index in [2.05, 4.69) is 36.5 Å². The highest BCUT2D eigenvalue weighted by molar-refractivity contribution is 5.33. The third-order valence-electron chi connectivity index (χ3n) is 2.89. The van der Waals surface area contributed by atoms with Crippen LogP contribution in [0, 0.1) is 0 Å². The maximum Gasteiger partial charge on any atom is -0.000836 e. The molecule has 1 saturated carbocycles. The van der Waals surface area contributed by atoms with Gasteiger partial charge in [0.15, 0.2) is 0 Å². The number of hydrogen-bond donors (Lipinski definition) is 1. The molecule has 0 spiro atoms. The van der Waals surface area contributed by atoms with Crippen molar-refractivity contribution in [1.29, 1.82) is 0 Å². The van der Waals surface area contributed by atoms with Crippen molar-refractivity contribution in [2.24, 2.45) is 0 Å². The fraction of sp³-hybridized carbons (Fsp3) is 0.538. The summed E-state index contributed by atoms with van der Waals surface area (Å²) in [5, 5.41) is 3.38. The maximum atomic E-state index is 3.38.